The van der Waals surface area contributed by atoms with E-state index in [1.807, 2.05) is 36.4 Å². The number of benzene rings is 2. The van der Waals surface area contributed by atoms with Crippen molar-refractivity contribution >= 4 is 39.8 Å². The van der Waals surface area contributed by atoms with Gasteiger partial charge in [-0.1, -0.05) is 48.5 Å². The Labute approximate surface area is 143 Å². The molecule has 24 heavy (non-hydrogen) atoms. The molecule has 0 spiro atoms. The summed E-state index contributed by atoms with van der Waals surface area (Å²) in [6, 6.07) is 18.5. The second kappa shape index (κ2) is 6.02. The third-order valence-corrected chi connectivity index (χ3v) is 4.79. The highest BCUT2D eigenvalue weighted by Crippen LogP contribution is 2.29. The second-order valence-corrected chi connectivity index (χ2v) is 6.66. The Morgan fingerprint density at radius 3 is 2.58 bits per heavy atom. The molecule has 4 nitrogen and oxygen atoms in total. The van der Waals surface area contributed by atoms with E-state index in [1.165, 1.54) is 5.56 Å². The summed E-state index contributed by atoms with van der Waals surface area (Å²) in [6.45, 7) is 0.777. The van der Waals surface area contributed by atoms with Crippen molar-refractivity contribution in [1.82, 2.24) is 9.88 Å². The number of carbonyl (C=O) groups is 1. The minimum Gasteiger partial charge on any atom is -0.342 e. The largest absolute Gasteiger partial charge is 0.342 e. The van der Waals surface area contributed by atoms with Crippen molar-refractivity contribution in [2.75, 3.05) is 0 Å². The zero-order valence-electron chi connectivity index (χ0n) is 12.8. The number of amidine groups is 1. The number of hydrogen-bond acceptors (Lipinski definition) is 3. The molecule has 0 saturated carbocycles. The fourth-order valence-electron chi connectivity index (χ4n) is 2.88. The summed E-state index contributed by atoms with van der Waals surface area (Å²) in [5, 5.41) is 11.4. The van der Waals surface area contributed by atoms with Crippen LogP contribution in [0.4, 0.5) is 0 Å². The molecule has 1 aliphatic rings. The maximum Gasteiger partial charge on any atom is 0.264 e. The lowest BCUT2D eigenvalue weighted by atomic mass is 10.1. The van der Waals surface area contributed by atoms with E-state index in [1.54, 1.807) is 0 Å². The molecule has 5 heteroatoms. The third-order valence-electron chi connectivity index (χ3n) is 3.96. The van der Waals surface area contributed by atoms with Crippen LogP contribution in [-0.4, -0.2) is 15.6 Å². The molecule has 2 heterocycles. The number of para-hydroxylation sites is 1. The fourth-order valence-corrected chi connectivity index (χ4v) is 3.58. The van der Waals surface area contributed by atoms with Gasteiger partial charge in [0, 0.05) is 29.2 Å². The van der Waals surface area contributed by atoms with E-state index >= 15 is 0 Å². The van der Waals surface area contributed by atoms with Gasteiger partial charge < -0.3 is 9.88 Å². The van der Waals surface area contributed by atoms with Crippen molar-refractivity contribution in [3.05, 3.63) is 76.8 Å². The lowest BCUT2D eigenvalue weighted by Gasteiger charge is -2.05. The van der Waals surface area contributed by atoms with Crippen molar-refractivity contribution < 1.29 is 4.79 Å². The number of thioether (sulfide) groups is 1. The molecule has 2 aromatic carbocycles. The van der Waals surface area contributed by atoms with E-state index in [4.69, 9.17) is 5.41 Å². The van der Waals surface area contributed by atoms with E-state index in [0.29, 0.717) is 4.91 Å². The van der Waals surface area contributed by atoms with Crippen LogP contribution >= 0.6 is 11.8 Å². The quantitative estimate of drug-likeness (QED) is 0.716. The van der Waals surface area contributed by atoms with Gasteiger partial charge in [-0.15, -0.1) is 0 Å². The average Bonchev–Trinajstić information content (AvgIpc) is 3.09. The standard InChI is InChI=1S/C19H15N3OS/c20-19-21-18(23)17(24-19)10-14-12-22(11-13-6-2-1-3-7-13)16-9-5-4-8-15(14)16/h1-10,12H,11H2,(H2,20,21,23). The first-order valence-corrected chi connectivity index (χ1v) is 8.43. The molecule has 0 aliphatic carbocycles. The maximum absolute atomic E-state index is 11.9. The molecule has 0 bridgehead atoms. The van der Waals surface area contributed by atoms with Crippen LogP contribution in [0.2, 0.25) is 0 Å². The number of amides is 1. The number of nitrogens with one attached hydrogen (secondary N) is 2. The highest BCUT2D eigenvalue weighted by atomic mass is 32.2. The molecule has 1 saturated heterocycles. The Hall–Kier alpha value is -2.79. The molecule has 1 fully saturated rings. The smallest absolute Gasteiger partial charge is 0.264 e. The van der Waals surface area contributed by atoms with Gasteiger partial charge in [0.05, 0.1) is 4.91 Å². The molecule has 4 rings (SSSR count). The molecule has 0 radical (unpaired) electrons. The van der Waals surface area contributed by atoms with Crippen molar-refractivity contribution in [2.45, 2.75) is 6.54 Å². The number of nitrogens with zero attached hydrogens (tertiary/aromatic N) is 1. The van der Waals surface area contributed by atoms with Gasteiger partial charge in [0.1, 0.15) is 0 Å². The highest BCUT2D eigenvalue weighted by molar-refractivity contribution is 8.18. The highest BCUT2D eigenvalue weighted by Gasteiger charge is 2.22. The van der Waals surface area contributed by atoms with Crippen LogP contribution in [0.3, 0.4) is 0 Å². The summed E-state index contributed by atoms with van der Waals surface area (Å²) in [7, 11) is 0. The van der Waals surface area contributed by atoms with Crippen LogP contribution in [0.25, 0.3) is 17.0 Å². The van der Waals surface area contributed by atoms with Crippen LogP contribution in [-0.2, 0) is 11.3 Å². The van der Waals surface area contributed by atoms with E-state index < -0.39 is 0 Å². The Kier molecular flexibility index (Phi) is 3.70. The topological polar surface area (TPSA) is 57.9 Å². The molecule has 118 valence electrons. The Morgan fingerprint density at radius 1 is 1.08 bits per heavy atom. The number of hydrogen-bond donors (Lipinski definition) is 2. The normalized spacial score (nSPS) is 16.1. The summed E-state index contributed by atoms with van der Waals surface area (Å²) in [5.41, 5.74) is 3.35. The number of fused-ring (bicyclic) bond motifs is 1. The zero-order chi connectivity index (χ0) is 16.5. The molecule has 1 aliphatic heterocycles. The maximum atomic E-state index is 11.9. The SMILES string of the molecule is N=C1NC(=O)C(=Cc2cn(Cc3ccccc3)c3ccccc23)S1. The van der Waals surface area contributed by atoms with Crippen LogP contribution in [0.1, 0.15) is 11.1 Å². The van der Waals surface area contributed by atoms with Gasteiger partial charge in [0.15, 0.2) is 5.17 Å². The lowest BCUT2D eigenvalue weighted by Crippen LogP contribution is -2.18. The zero-order valence-corrected chi connectivity index (χ0v) is 13.6. The monoisotopic (exact) mass is 333 g/mol. The second-order valence-electron chi connectivity index (χ2n) is 5.61. The Balaban J connectivity index is 1.78. The molecule has 2 N–H and O–H groups in total. The van der Waals surface area contributed by atoms with Crippen LogP contribution in [0.15, 0.2) is 65.7 Å². The fraction of sp³-hybridized carbons (Fsp3) is 0.0526. The molecule has 0 atom stereocenters. The van der Waals surface area contributed by atoms with Crippen LogP contribution < -0.4 is 5.32 Å². The molecular formula is C19H15N3OS. The Bertz CT molecular complexity index is 973. The molecule has 1 amide bonds. The van der Waals surface area contributed by atoms with Gasteiger partial charge in [-0.25, -0.2) is 0 Å². The van der Waals surface area contributed by atoms with Gasteiger partial charge >= 0.3 is 0 Å². The lowest BCUT2D eigenvalue weighted by molar-refractivity contribution is -0.115. The van der Waals surface area contributed by atoms with E-state index in [9.17, 15) is 4.79 Å². The molecule has 3 aromatic rings. The predicted octanol–water partition coefficient (Wildman–Crippen LogP) is 3.83. The van der Waals surface area contributed by atoms with Gasteiger partial charge in [-0.3, -0.25) is 10.2 Å². The van der Waals surface area contributed by atoms with Crippen LogP contribution in [0.5, 0.6) is 0 Å². The van der Waals surface area contributed by atoms with Crippen molar-refractivity contribution in [3.8, 4) is 0 Å². The van der Waals surface area contributed by atoms with E-state index in [-0.39, 0.29) is 11.1 Å². The van der Waals surface area contributed by atoms with Crippen molar-refractivity contribution in [2.24, 2.45) is 0 Å². The average molecular weight is 333 g/mol. The number of rotatable bonds is 3. The van der Waals surface area contributed by atoms with Gasteiger partial charge in [-0.2, -0.15) is 0 Å². The van der Waals surface area contributed by atoms with Gasteiger partial charge in [-0.05, 0) is 29.5 Å². The first-order valence-electron chi connectivity index (χ1n) is 7.62. The van der Waals surface area contributed by atoms with Gasteiger partial charge in [0.2, 0.25) is 0 Å². The summed E-state index contributed by atoms with van der Waals surface area (Å²) in [4.78, 5) is 12.4. The first kappa shape index (κ1) is 14.8. The molecule has 1 aromatic heterocycles. The van der Waals surface area contributed by atoms with Crippen molar-refractivity contribution in [3.63, 3.8) is 0 Å². The summed E-state index contributed by atoms with van der Waals surface area (Å²) in [6.07, 6.45) is 3.94. The Morgan fingerprint density at radius 2 is 1.83 bits per heavy atom. The predicted molar refractivity (Wildman–Crippen MR) is 98.9 cm³/mol. The first-order chi connectivity index (χ1) is 11.7. The summed E-state index contributed by atoms with van der Waals surface area (Å²) in [5.74, 6) is -0.204. The van der Waals surface area contributed by atoms with E-state index in [0.717, 1.165) is 34.8 Å². The van der Waals surface area contributed by atoms with Crippen LogP contribution in [0, 0.1) is 5.41 Å². The number of carbonyl (C=O) groups excluding carboxylic acids is 1. The summed E-state index contributed by atoms with van der Waals surface area (Å²) < 4.78 is 2.19. The third kappa shape index (κ3) is 2.74. The minimum absolute atomic E-state index is 0.180. The summed E-state index contributed by atoms with van der Waals surface area (Å²) >= 11 is 1.16. The molecular weight excluding hydrogens is 318 g/mol. The van der Waals surface area contributed by atoms with E-state index in [2.05, 4.69) is 40.3 Å². The minimum atomic E-state index is -0.204. The van der Waals surface area contributed by atoms with Gasteiger partial charge in [0.25, 0.3) is 5.91 Å². The van der Waals surface area contributed by atoms with Crippen molar-refractivity contribution in [1.29, 1.82) is 5.41 Å². The number of aromatic nitrogens is 1. The molecule has 0 unspecified atom stereocenters.